The first kappa shape index (κ1) is 14.8. The van der Waals surface area contributed by atoms with Gasteiger partial charge in [-0.1, -0.05) is 18.2 Å². The van der Waals surface area contributed by atoms with Crippen molar-refractivity contribution in [3.05, 3.63) is 57.8 Å². The zero-order valence-electron chi connectivity index (χ0n) is 11.0. The molecular formula is C15H15BrFNO2. The van der Waals surface area contributed by atoms with Crippen molar-refractivity contribution in [3.63, 3.8) is 0 Å². The summed E-state index contributed by atoms with van der Waals surface area (Å²) < 4.78 is 24.6. The molecule has 2 aromatic carbocycles. The Morgan fingerprint density at radius 3 is 2.70 bits per heavy atom. The third-order valence-corrected chi connectivity index (χ3v) is 3.48. The number of halogens is 2. The Labute approximate surface area is 125 Å². The lowest BCUT2D eigenvalue weighted by atomic mass is 10.2. The lowest BCUT2D eigenvalue weighted by molar-refractivity contribution is 0.281. The van der Waals surface area contributed by atoms with Gasteiger partial charge >= 0.3 is 0 Å². The van der Waals surface area contributed by atoms with Crippen LogP contribution in [-0.4, -0.2) is 7.11 Å². The third-order valence-electron chi connectivity index (χ3n) is 2.87. The molecule has 0 saturated heterocycles. The van der Waals surface area contributed by atoms with E-state index in [-0.39, 0.29) is 5.82 Å². The number of rotatable bonds is 5. The van der Waals surface area contributed by atoms with E-state index in [1.807, 2.05) is 18.2 Å². The second kappa shape index (κ2) is 6.72. The smallest absolute Gasteiger partial charge is 0.166 e. The number of methoxy groups -OCH3 is 1. The van der Waals surface area contributed by atoms with Gasteiger partial charge in [0, 0.05) is 12.1 Å². The van der Waals surface area contributed by atoms with E-state index in [1.165, 1.54) is 6.07 Å². The highest BCUT2D eigenvalue weighted by molar-refractivity contribution is 9.10. The van der Waals surface area contributed by atoms with E-state index in [1.54, 1.807) is 19.2 Å². The summed E-state index contributed by atoms with van der Waals surface area (Å²) in [5, 5.41) is 0. The van der Waals surface area contributed by atoms with Crippen molar-refractivity contribution in [1.29, 1.82) is 0 Å². The molecule has 0 amide bonds. The maximum Gasteiger partial charge on any atom is 0.166 e. The first-order valence-corrected chi connectivity index (χ1v) is 6.87. The molecule has 0 bridgehead atoms. The van der Waals surface area contributed by atoms with Crippen LogP contribution in [0.2, 0.25) is 0 Å². The fourth-order valence-corrected chi connectivity index (χ4v) is 2.26. The summed E-state index contributed by atoms with van der Waals surface area (Å²) in [5.74, 6) is 0.959. The zero-order chi connectivity index (χ0) is 14.5. The Kier molecular flexibility index (Phi) is 4.98. The quantitative estimate of drug-likeness (QED) is 0.904. The number of para-hydroxylation sites is 1. The van der Waals surface area contributed by atoms with Gasteiger partial charge < -0.3 is 15.2 Å². The predicted octanol–water partition coefficient (Wildman–Crippen LogP) is 3.63. The Hall–Kier alpha value is -1.59. The number of nitrogens with two attached hydrogens (primary N) is 1. The van der Waals surface area contributed by atoms with Crippen LogP contribution in [0.4, 0.5) is 4.39 Å². The fourth-order valence-electron chi connectivity index (χ4n) is 1.83. The Morgan fingerprint density at radius 2 is 2.05 bits per heavy atom. The van der Waals surface area contributed by atoms with Crippen molar-refractivity contribution in [2.24, 2.45) is 5.73 Å². The van der Waals surface area contributed by atoms with E-state index in [0.29, 0.717) is 29.1 Å². The summed E-state index contributed by atoms with van der Waals surface area (Å²) in [7, 11) is 1.58. The second-order valence-electron chi connectivity index (χ2n) is 4.19. The van der Waals surface area contributed by atoms with Crippen LogP contribution in [0.1, 0.15) is 11.1 Å². The molecule has 0 aliphatic heterocycles. The molecule has 0 spiro atoms. The minimum atomic E-state index is -0.298. The van der Waals surface area contributed by atoms with Crippen LogP contribution in [0, 0.1) is 5.82 Å². The molecule has 5 heteroatoms. The molecule has 0 heterocycles. The van der Waals surface area contributed by atoms with E-state index in [2.05, 4.69) is 15.9 Å². The Morgan fingerprint density at radius 1 is 1.25 bits per heavy atom. The molecule has 0 fully saturated rings. The van der Waals surface area contributed by atoms with Crippen molar-refractivity contribution >= 4 is 15.9 Å². The third kappa shape index (κ3) is 3.29. The maximum absolute atomic E-state index is 13.2. The molecule has 106 valence electrons. The highest BCUT2D eigenvalue weighted by Crippen LogP contribution is 2.31. The van der Waals surface area contributed by atoms with E-state index < -0.39 is 0 Å². The van der Waals surface area contributed by atoms with Crippen molar-refractivity contribution < 1.29 is 13.9 Å². The second-order valence-corrected chi connectivity index (χ2v) is 5.04. The molecule has 0 atom stereocenters. The van der Waals surface area contributed by atoms with Crippen molar-refractivity contribution in [3.8, 4) is 11.5 Å². The summed E-state index contributed by atoms with van der Waals surface area (Å²) >= 11 is 3.15. The van der Waals surface area contributed by atoms with E-state index >= 15 is 0 Å². The summed E-state index contributed by atoms with van der Waals surface area (Å²) in [6, 6.07) is 10.3. The van der Waals surface area contributed by atoms with E-state index in [0.717, 1.165) is 11.1 Å². The van der Waals surface area contributed by atoms with Gasteiger partial charge in [-0.3, -0.25) is 0 Å². The number of hydrogen-bond donors (Lipinski definition) is 1. The largest absolute Gasteiger partial charge is 0.493 e. The van der Waals surface area contributed by atoms with Crippen LogP contribution in [0.5, 0.6) is 11.5 Å². The molecule has 2 N–H and O–H groups in total. The average molecular weight is 340 g/mol. The van der Waals surface area contributed by atoms with Gasteiger partial charge in [0.05, 0.1) is 11.6 Å². The highest BCUT2D eigenvalue weighted by atomic mass is 79.9. The minimum absolute atomic E-state index is 0.298. The normalized spacial score (nSPS) is 10.4. The molecule has 0 aliphatic rings. The van der Waals surface area contributed by atoms with E-state index in [9.17, 15) is 4.39 Å². The first-order valence-electron chi connectivity index (χ1n) is 6.08. The molecule has 2 aromatic rings. The van der Waals surface area contributed by atoms with E-state index in [4.69, 9.17) is 15.2 Å². The molecule has 0 radical (unpaired) electrons. The average Bonchev–Trinajstić information content (AvgIpc) is 2.48. The Bertz CT molecular complexity index is 582. The van der Waals surface area contributed by atoms with Gasteiger partial charge in [-0.05, 0) is 39.7 Å². The maximum atomic E-state index is 13.2. The summed E-state index contributed by atoms with van der Waals surface area (Å²) in [5.41, 5.74) is 7.41. The van der Waals surface area contributed by atoms with Crippen LogP contribution < -0.4 is 15.2 Å². The van der Waals surface area contributed by atoms with Gasteiger partial charge in [-0.25, -0.2) is 4.39 Å². The molecule has 0 aromatic heterocycles. The van der Waals surface area contributed by atoms with Crippen molar-refractivity contribution in [2.75, 3.05) is 7.11 Å². The van der Waals surface area contributed by atoms with Crippen LogP contribution >= 0.6 is 15.9 Å². The number of ether oxygens (including phenoxy) is 2. The topological polar surface area (TPSA) is 44.5 Å². The van der Waals surface area contributed by atoms with Crippen molar-refractivity contribution in [1.82, 2.24) is 0 Å². The van der Waals surface area contributed by atoms with Crippen LogP contribution in [0.25, 0.3) is 0 Å². The van der Waals surface area contributed by atoms with Gasteiger partial charge in [-0.15, -0.1) is 0 Å². The molecule has 2 rings (SSSR count). The number of hydrogen-bond acceptors (Lipinski definition) is 3. The SMILES string of the molecule is COc1cccc(CN)c1OCc1ccc(F)c(Br)c1. The van der Waals surface area contributed by atoms with Crippen molar-refractivity contribution in [2.45, 2.75) is 13.2 Å². The molecular weight excluding hydrogens is 325 g/mol. The Balaban J connectivity index is 2.19. The van der Waals surface area contributed by atoms with Gasteiger partial charge in [0.2, 0.25) is 0 Å². The monoisotopic (exact) mass is 339 g/mol. The minimum Gasteiger partial charge on any atom is -0.493 e. The standard InChI is InChI=1S/C15H15BrFNO2/c1-19-14-4-2-3-11(8-18)15(14)20-9-10-5-6-13(17)12(16)7-10/h2-7H,8-9,18H2,1H3. The fraction of sp³-hybridized carbons (Fsp3) is 0.200. The molecule has 0 saturated carbocycles. The highest BCUT2D eigenvalue weighted by Gasteiger charge is 2.10. The zero-order valence-corrected chi connectivity index (χ0v) is 12.6. The summed E-state index contributed by atoms with van der Waals surface area (Å²) in [4.78, 5) is 0. The van der Waals surface area contributed by atoms with Gasteiger partial charge in [0.1, 0.15) is 12.4 Å². The molecule has 20 heavy (non-hydrogen) atoms. The number of benzene rings is 2. The van der Waals surface area contributed by atoms with Gasteiger partial charge in [0.15, 0.2) is 11.5 Å². The van der Waals surface area contributed by atoms with Gasteiger partial charge in [-0.2, -0.15) is 0 Å². The van der Waals surface area contributed by atoms with Gasteiger partial charge in [0.25, 0.3) is 0 Å². The van der Waals surface area contributed by atoms with Crippen LogP contribution in [0.3, 0.4) is 0 Å². The molecule has 3 nitrogen and oxygen atoms in total. The lowest BCUT2D eigenvalue weighted by Crippen LogP contribution is -2.04. The van der Waals surface area contributed by atoms with Crippen LogP contribution in [-0.2, 0) is 13.2 Å². The lowest BCUT2D eigenvalue weighted by Gasteiger charge is -2.14. The molecule has 0 aliphatic carbocycles. The van der Waals surface area contributed by atoms with Crippen LogP contribution in [0.15, 0.2) is 40.9 Å². The predicted molar refractivity (Wildman–Crippen MR) is 79.3 cm³/mol. The summed E-state index contributed by atoms with van der Waals surface area (Å²) in [6.07, 6.45) is 0. The first-order chi connectivity index (χ1) is 9.65. The molecule has 0 unspecified atom stereocenters. The summed E-state index contributed by atoms with van der Waals surface area (Å²) in [6.45, 7) is 0.673.